The molecule has 8 heteroatoms. The number of nitrogens with one attached hydrogen (secondary N) is 1. The highest BCUT2D eigenvalue weighted by Crippen LogP contribution is 2.33. The lowest BCUT2D eigenvalue weighted by Crippen LogP contribution is -2.32. The van der Waals surface area contributed by atoms with Crippen molar-refractivity contribution in [2.24, 2.45) is 5.92 Å². The zero-order valence-corrected chi connectivity index (χ0v) is 14.9. The molecule has 2 aliphatic rings. The SMILES string of the molecule is O=C(CCC1CCC1O)c1noc2c1CN(c1ncnc3[nH]ccc13)CC2. The molecular weight excluding hydrogens is 346 g/mol. The molecule has 3 aromatic heterocycles. The molecule has 2 unspecified atom stereocenters. The largest absolute Gasteiger partial charge is 0.393 e. The topological polar surface area (TPSA) is 108 Å². The summed E-state index contributed by atoms with van der Waals surface area (Å²) >= 11 is 0. The van der Waals surface area contributed by atoms with Gasteiger partial charge >= 0.3 is 0 Å². The minimum absolute atomic E-state index is 0.00423. The smallest absolute Gasteiger partial charge is 0.185 e. The van der Waals surface area contributed by atoms with E-state index in [9.17, 15) is 9.90 Å². The Kier molecular flexibility index (Phi) is 3.93. The van der Waals surface area contributed by atoms with Crippen LogP contribution < -0.4 is 4.90 Å². The van der Waals surface area contributed by atoms with Gasteiger partial charge in [0.15, 0.2) is 11.5 Å². The van der Waals surface area contributed by atoms with Crippen LogP contribution >= 0.6 is 0 Å². The average molecular weight is 367 g/mol. The number of aromatic amines is 1. The van der Waals surface area contributed by atoms with Crippen LogP contribution in [0.4, 0.5) is 5.82 Å². The normalized spacial score (nSPS) is 21.9. The van der Waals surface area contributed by atoms with Gasteiger partial charge in [-0.25, -0.2) is 9.97 Å². The van der Waals surface area contributed by atoms with E-state index in [1.54, 1.807) is 6.33 Å². The monoisotopic (exact) mass is 367 g/mol. The van der Waals surface area contributed by atoms with Gasteiger partial charge in [-0.1, -0.05) is 5.16 Å². The van der Waals surface area contributed by atoms with Crippen molar-refractivity contribution in [1.29, 1.82) is 0 Å². The second-order valence-electron chi connectivity index (χ2n) is 7.41. The van der Waals surface area contributed by atoms with Gasteiger partial charge in [0.25, 0.3) is 0 Å². The summed E-state index contributed by atoms with van der Waals surface area (Å²) in [5.74, 6) is 1.88. The molecule has 0 aromatic carbocycles. The number of Topliss-reactive ketones (excluding diaryl/α,β-unsaturated/α-hetero) is 1. The highest BCUT2D eigenvalue weighted by atomic mass is 16.5. The van der Waals surface area contributed by atoms with Gasteiger partial charge in [-0.2, -0.15) is 0 Å². The molecule has 140 valence electrons. The molecule has 0 bridgehead atoms. The first-order valence-electron chi connectivity index (χ1n) is 9.42. The molecule has 4 heterocycles. The van der Waals surface area contributed by atoms with Gasteiger partial charge in [-0.05, 0) is 31.2 Å². The van der Waals surface area contributed by atoms with E-state index in [1.165, 1.54) is 0 Å². The number of aliphatic hydroxyl groups excluding tert-OH is 1. The van der Waals surface area contributed by atoms with Crippen LogP contribution in [-0.2, 0) is 13.0 Å². The summed E-state index contributed by atoms with van der Waals surface area (Å²) in [4.78, 5) is 26.6. The Hall–Kier alpha value is -2.74. The van der Waals surface area contributed by atoms with Crippen molar-refractivity contribution >= 4 is 22.6 Å². The Bertz CT molecular complexity index is 994. The van der Waals surface area contributed by atoms with Gasteiger partial charge in [-0.15, -0.1) is 0 Å². The molecule has 1 fully saturated rings. The molecule has 0 spiro atoms. The molecule has 0 amide bonds. The van der Waals surface area contributed by atoms with Gasteiger partial charge in [0.2, 0.25) is 0 Å². The zero-order chi connectivity index (χ0) is 18.4. The minimum atomic E-state index is -0.249. The van der Waals surface area contributed by atoms with Crippen LogP contribution in [0.15, 0.2) is 23.1 Å². The van der Waals surface area contributed by atoms with Crippen LogP contribution in [0, 0.1) is 5.92 Å². The Morgan fingerprint density at radius 2 is 2.30 bits per heavy atom. The molecule has 3 aromatic rings. The van der Waals surface area contributed by atoms with E-state index >= 15 is 0 Å². The number of carbonyl (C=O) groups excluding carboxylic acids is 1. The first kappa shape index (κ1) is 16.4. The Labute approximate surface area is 155 Å². The van der Waals surface area contributed by atoms with Gasteiger partial charge in [-0.3, -0.25) is 4.79 Å². The van der Waals surface area contributed by atoms with Crippen LogP contribution in [0.2, 0.25) is 0 Å². The third-order valence-corrected chi connectivity index (χ3v) is 5.84. The first-order valence-corrected chi connectivity index (χ1v) is 9.42. The number of hydrogen-bond acceptors (Lipinski definition) is 7. The van der Waals surface area contributed by atoms with Crippen molar-refractivity contribution in [3.8, 4) is 0 Å². The molecule has 2 N–H and O–H groups in total. The molecular formula is C19H21N5O3. The molecule has 8 nitrogen and oxygen atoms in total. The maximum atomic E-state index is 12.7. The predicted molar refractivity (Wildman–Crippen MR) is 97.4 cm³/mol. The lowest BCUT2D eigenvalue weighted by atomic mass is 9.78. The average Bonchev–Trinajstić information content (AvgIpc) is 3.32. The van der Waals surface area contributed by atoms with E-state index < -0.39 is 0 Å². The van der Waals surface area contributed by atoms with Crippen molar-refractivity contribution in [3.63, 3.8) is 0 Å². The fourth-order valence-electron chi connectivity index (χ4n) is 4.04. The Morgan fingerprint density at radius 3 is 3.11 bits per heavy atom. The fraction of sp³-hybridized carbons (Fsp3) is 0.474. The zero-order valence-electron chi connectivity index (χ0n) is 14.9. The highest BCUT2D eigenvalue weighted by molar-refractivity contribution is 5.96. The number of aliphatic hydroxyl groups is 1. The molecule has 0 saturated heterocycles. The van der Waals surface area contributed by atoms with Crippen molar-refractivity contribution in [1.82, 2.24) is 20.1 Å². The fourth-order valence-corrected chi connectivity index (χ4v) is 4.04. The first-order chi connectivity index (χ1) is 13.2. The number of H-pyrrole nitrogens is 1. The summed E-state index contributed by atoms with van der Waals surface area (Å²) < 4.78 is 5.45. The lowest BCUT2D eigenvalue weighted by molar-refractivity contribution is 0.0187. The third kappa shape index (κ3) is 2.80. The summed E-state index contributed by atoms with van der Waals surface area (Å²) in [6, 6.07) is 1.96. The second kappa shape index (κ2) is 6.45. The molecule has 2 atom stereocenters. The molecule has 1 saturated carbocycles. The van der Waals surface area contributed by atoms with Crippen LogP contribution in [0.3, 0.4) is 0 Å². The van der Waals surface area contributed by atoms with Gasteiger partial charge in [0.05, 0.1) is 18.0 Å². The van der Waals surface area contributed by atoms with E-state index in [1.807, 2.05) is 12.3 Å². The number of nitrogens with zero attached hydrogens (tertiary/aromatic N) is 4. The van der Waals surface area contributed by atoms with E-state index in [0.717, 1.165) is 47.6 Å². The van der Waals surface area contributed by atoms with Gasteiger partial charge in [0.1, 0.15) is 23.6 Å². The van der Waals surface area contributed by atoms with E-state index in [-0.39, 0.29) is 17.8 Å². The van der Waals surface area contributed by atoms with Crippen molar-refractivity contribution < 1.29 is 14.4 Å². The van der Waals surface area contributed by atoms with Crippen molar-refractivity contribution in [3.05, 3.63) is 35.6 Å². The van der Waals surface area contributed by atoms with Crippen LogP contribution in [0.5, 0.6) is 0 Å². The van der Waals surface area contributed by atoms with Gasteiger partial charge in [0, 0.05) is 31.1 Å². The number of carbonyl (C=O) groups is 1. The van der Waals surface area contributed by atoms with E-state index in [2.05, 4.69) is 25.0 Å². The molecule has 1 aliphatic heterocycles. The molecule has 5 rings (SSSR count). The summed E-state index contributed by atoms with van der Waals surface area (Å²) in [5.41, 5.74) is 2.09. The van der Waals surface area contributed by atoms with Crippen molar-refractivity contribution in [2.45, 2.75) is 44.8 Å². The van der Waals surface area contributed by atoms with E-state index in [4.69, 9.17) is 4.52 Å². The van der Waals surface area contributed by atoms with Crippen LogP contribution in [0.1, 0.15) is 47.5 Å². The summed E-state index contributed by atoms with van der Waals surface area (Å²) in [7, 11) is 0. The van der Waals surface area contributed by atoms with Crippen LogP contribution in [-0.4, -0.2) is 43.6 Å². The standard InChI is InChI=1S/C19H21N5O3/c25-14-3-1-11(14)2-4-15(26)17-13-9-24(8-6-16(13)27-23-17)19-12-5-7-20-18(12)21-10-22-19/h5,7,10-11,14,25H,1-4,6,8-9H2,(H,20,21,22). The maximum Gasteiger partial charge on any atom is 0.185 e. The number of fused-ring (bicyclic) bond motifs is 2. The summed E-state index contributed by atoms with van der Waals surface area (Å²) in [5, 5.41) is 14.7. The quantitative estimate of drug-likeness (QED) is 0.666. The molecule has 0 radical (unpaired) electrons. The van der Waals surface area contributed by atoms with Crippen molar-refractivity contribution in [2.75, 3.05) is 11.4 Å². The predicted octanol–water partition coefficient (Wildman–Crippen LogP) is 2.24. The number of ketones is 1. The molecule has 1 aliphatic carbocycles. The lowest BCUT2D eigenvalue weighted by Gasteiger charge is -2.32. The Balaban J connectivity index is 1.36. The van der Waals surface area contributed by atoms with Crippen LogP contribution in [0.25, 0.3) is 11.0 Å². The third-order valence-electron chi connectivity index (χ3n) is 5.84. The number of anilines is 1. The number of hydrogen-bond donors (Lipinski definition) is 2. The second-order valence-corrected chi connectivity index (χ2v) is 7.41. The summed E-state index contributed by atoms with van der Waals surface area (Å²) in [6.45, 7) is 1.30. The minimum Gasteiger partial charge on any atom is -0.393 e. The molecule has 27 heavy (non-hydrogen) atoms. The number of rotatable bonds is 5. The number of aromatic nitrogens is 4. The summed E-state index contributed by atoms with van der Waals surface area (Å²) in [6.07, 6.45) is 6.79. The van der Waals surface area contributed by atoms with Gasteiger partial charge < -0.3 is 19.5 Å². The maximum absolute atomic E-state index is 12.7. The highest BCUT2D eigenvalue weighted by Gasteiger charge is 2.32. The Morgan fingerprint density at radius 1 is 1.37 bits per heavy atom. The van der Waals surface area contributed by atoms with E-state index in [0.29, 0.717) is 31.5 Å².